The average Bonchev–Trinajstić information content (AvgIpc) is 2.88. The molecule has 0 unspecified atom stereocenters. The highest BCUT2D eigenvalue weighted by Crippen LogP contribution is 2.28. The first-order chi connectivity index (χ1) is 12.4. The molecular formula is C17H19N3O6. The Balaban J connectivity index is 1.69. The molecule has 2 heterocycles. The summed E-state index contributed by atoms with van der Waals surface area (Å²) in [5.41, 5.74) is 5.86. The summed E-state index contributed by atoms with van der Waals surface area (Å²) in [4.78, 5) is 27.6. The molecule has 0 radical (unpaired) electrons. The van der Waals surface area contributed by atoms with Crippen LogP contribution in [0, 0.1) is 6.92 Å². The van der Waals surface area contributed by atoms with Crippen LogP contribution in [0.1, 0.15) is 22.1 Å². The first-order valence-electron chi connectivity index (χ1n) is 7.97. The molecule has 1 saturated heterocycles. The number of ether oxygens (including phenoxy) is 2. The summed E-state index contributed by atoms with van der Waals surface area (Å²) >= 11 is 0. The third-order valence-electron chi connectivity index (χ3n) is 4.21. The van der Waals surface area contributed by atoms with Crippen LogP contribution in [-0.4, -0.2) is 50.7 Å². The quantitative estimate of drug-likeness (QED) is 0.626. The van der Waals surface area contributed by atoms with E-state index in [1.165, 1.54) is 12.3 Å². The van der Waals surface area contributed by atoms with Gasteiger partial charge in [-0.25, -0.2) is 9.59 Å². The Morgan fingerprint density at radius 1 is 1.31 bits per heavy atom. The lowest BCUT2D eigenvalue weighted by atomic mass is 10.1. The van der Waals surface area contributed by atoms with Gasteiger partial charge in [0.15, 0.2) is 6.23 Å². The SMILES string of the molecule is Cc1ccccc1C(=O)OC[C@H]1O[C@@H](n2ccc(N)nc2=O)[C@H](O)[C@@H]1O. The van der Waals surface area contributed by atoms with Crippen LogP contribution in [0.25, 0.3) is 0 Å². The Labute approximate surface area is 148 Å². The number of carbonyl (C=O) groups excluding carboxylic acids is 1. The van der Waals surface area contributed by atoms with E-state index >= 15 is 0 Å². The Morgan fingerprint density at radius 3 is 2.73 bits per heavy atom. The lowest BCUT2D eigenvalue weighted by Crippen LogP contribution is -2.36. The number of aryl methyl sites for hydroxylation is 1. The number of esters is 1. The predicted octanol–water partition coefficient (Wildman–Crippen LogP) is -0.390. The van der Waals surface area contributed by atoms with E-state index in [1.807, 2.05) is 0 Å². The van der Waals surface area contributed by atoms with Crippen LogP contribution in [0.15, 0.2) is 41.3 Å². The van der Waals surface area contributed by atoms with Gasteiger partial charge in [-0.15, -0.1) is 0 Å². The highest BCUT2D eigenvalue weighted by atomic mass is 16.6. The summed E-state index contributed by atoms with van der Waals surface area (Å²) in [5, 5.41) is 20.3. The third-order valence-corrected chi connectivity index (χ3v) is 4.21. The van der Waals surface area contributed by atoms with Crippen molar-refractivity contribution in [3.05, 3.63) is 58.1 Å². The minimum absolute atomic E-state index is 0.0306. The van der Waals surface area contributed by atoms with Gasteiger partial charge >= 0.3 is 11.7 Å². The smallest absolute Gasteiger partial charge is 0.351 e. The summed E-state index contributed by atoms with van der Waals surface area (Å²) in [6.07, 6.45) is -3.57. The summed E-state index contributed by atoms with van der Waals surface area (Å²) in [7, 11) is 0. The molecule has 4 N–H and O–H groups in total. The maximum Gasteiger partial charge on any atom is 0.351 e. The normalized spacial score (nSPS) is 25.2. The van der Waals surface area contributed by atoms with Crippen molar-refractivity contribution in [3.63, 3.8) is 0 Å². The summed E-state index contributed by atoms with van der Waals surface area (Å²) in [6, 6.07) is 8.29. The van der Waals surface area contributed by atoms with Crippen molar-refractivity contribution in [2.24, 2.45) is 0 Å². The highest BCUT2D eigenvalue weighted by Gasteiger charge is 2.44. The largest absolute Gasteiger partial charge is 0.459 e. The van der Waals surface area contributed by atoms with Gasteiger partial charge in [-0.2, -0.15) is 4.98 Å². The molecule has 0 aliphatic carbocycles. The highest BCUT2D eigenvalue weighted by molar-refractivity contribution is 5.90. The Morgan fingerprint density at radius 2 is 2.04 bits per heavy atom. The van der Waals surface area contributed by atoms with Gasteiger partial charge in [-0.1, -0.05) is 18.2 Å². The fourth-order valence-electron chi connectivity index (χ4n) is 2.75. The van der Waals surface area contributed by atoms with E-state index in [0.29, 0.717) is 5.56 Å². The number of aromatic nitrogens is 2. The van der Waals surface area contributed by atoms with Gasteiger partial charge in [0.2, 0.25) is 0 Å². The van der Waals surface area contributed by atoms with Crippen molar-refractivity contribution < 1.29 is 24.5 Å². The minimum atomic E-state index is -1.39. The van der Waals surface area contributed by atoms with Crippen LogP contribution < -0.4 is 11.4 Å². The average molecular weight is 361 g/mol. The molecule has 1 aromatic heterocycles. The van der Waals surface area contributed by atoms with Crippen molar-refractivity contribution >= 4 is 11.8 Å². The second-order valence-corrected chi connectivity index (χ2v) is 6.00. The van der Waals surface area contributed by atoms with E-state index in [2.05, 4.69) is 4.98 Å². The number of nitrogen functional groups attached to an aromatic ring is 1. The molecule has 1 aliphatic rings. The molecule has 4 atom stereocenters. The monoisotopic (exact) mass is 361 g/mol. The van der Waals surface area contributed by atoms with Crippen LogP contribution >= 0.6 is 0 Å². The number of nitrogens with two attached hydrogens (primary N) is 1. The van der Waals surface area contributed by atoms with Crippen LogP contribution in [0.3, 0.4) is 0 Å². The van der Waals surface area contributed by atoms with Gasteiger partial charge in [0.1, 0.15) is 30.7 Å². The number of hydrogen-bond acceptors (Lipinski definition) is 8. The van der Waals surface area contributed by atoms with E-state index in [0.717, 1.165) is 10.1 Å². The molecule has 0 spiro atoms. The zero-order valence-corrected chi connectivity index (χ0v) is 14.0. The molecule has 9 heteroatoms. The molecule has 1 fully saturated rings. The number of anilines is 1. The van der Waals surface area contributed by atoms with Gasteiger partial charge in [0.25, 0.3) is 0 Å². The molecule has 0 saturated carbocycles. The maximum absolute atomic E-state index is 12.2. The minimum Gasteiger partial charge on any atom is -0.459 e. The van der Waals surface area contributed by atoms with E-state index < -0.39 is 36.2 Å². The lowest BCUT2D eigenvalue weighted by Gasteiger charge is -2.17. The molecule has 0 bridgehead atoms. The van der Waals surface area contributed by atoms with E-state index in [1.54, 1.807) is 31.2 Å². The fourth-order valence-corrected chi connectivity index (χ4v) is 2.75. The van der Waals surface area contributed by atoms with Crippen LogP contribution in [0.5, 0.6) is 0 Å². The molecule has 138 valence electrons. The number of aliphatic hydroxyl groups excluding tert-OH is 2. The Kier molecular flexibility index (Phi) is 5.03. The number of rotatable bonds is 4. The first kappa shape index (κ1) is 18.1. The molecule has 9 nitrogen and oxygen atoms in total. The van der Waals surface area contributed by atoms with Crippen LogP contribution in [-0.2, 0) is 9.47 Å². The summed E-state index contributed by atoms with van der Waals surface area (Å²) < 4.78 is 11.7. The van der Waals surface area contributed by atoms with Crippen molar-refractivity contribution in [1.29, 1.82) is 0 Å². The zero-order valence-electron chi connectivity index (χ0n) is 14.0. The number of carbonyl (C=O) groups is 1. The molecule has 1 aliphatic heterocycles. The lowest BCUT2D eigenvalue weighted by molar-refractivity contribution is -0.0598. The number of benzene rings is 1. The van der Waals surface area contributed by atoms with Gasteiger partial charge in [0, 0.05) is 6.20 Å². The summed E-state index contributed by atoms with van der Waals surface area (Å²) in [5.74, 6) is -0.536. The Bertz CT molecular complexity index is 868. The van der Waals surface area contributed by atoms with E-state index in [9.17, 15) is 19.8 Å². The van der Waals surface area contributed by atoms with Crippen molar-refractivity contribution in [3.8, 4) is 0 Å². The third kappa shape index (κ3) is 3.45. The number of hydrogen-bond donors (Lipinski definition) is 3. The molecule has 0 amide bonds. The van der Waals surface area contributed by atoms with Crippen LogP contribution in [0.2, 0.25) is 0 Å². The number of nitrogens with zero attached hydrogens (tertiary/aromatic N) is 2. The molecule has 1 aromatic carbocycles. The van der Waals surface area contributed by atoms with Crippen molar-refractivity contribution in [1.82, 2.24) is 9.55 Å². The predicted molar refractivity (Wildman–Crippen MR) is 90.3 cm³/mol. The molecule has 2 aromatic rings. The van der Waals surface area contributed by atoms with Gasteiger partial charge in [-0.3, -0.25) is 4.57 Å². The van der Waals surface area contributed by atoms with Gasteiger partial charge in [0.05, 0.1) is 5.56 Å². The maximum atomic E-state index is 12.2. The molecule has 3 rings (SSSR count). The first-order valence-corrected chi connectivity index (χ1v) is 7.97. The second kappa shape index (κ2) is 7.24. The van der Waals surface area contributed by atoms with Gasteiger partial charge in [-0.05, 0) is 24.6 Å². The Hall–Kier alpha value is -2.75. The van der Waals surface area contributed by atoms with E-state index in [-0.39, 0.29) is 12.4 Å². The van der Waals surface area contributed by atoms with Crippen LogP contribution in [0.4, 0.5) is 5.82 Å². The fraction of sp³-hybridized carbons (Fsp3) is 0.353. The topological polar surface area (TPSA) is 137 Å². The number of aliphatic hydroxyl groups is 2. The molecule has 26 heavy (non-hydrogen) atoms. The standard InChI is InChI=1S/C17H19N3O6/c1-9-4-2-3-5-10(9)16(23)25-8-11-13(21)14(22)15(26-11)20-7-6-12(18)19-17(20)24/h2-7,11,13-15,21-22H,8H2,1H3,(H2,18,19,24)/t11-,13-,14-,15-/m1/s1. The van der Waals surface area contributed by atoms with E-state index in [4.69, 9.17) is 15.2 Å². The van der Waals surface area contributed by atoms with Gasteiger partial charge < -0.3 is 25.4 Å². The summed E-state index contributed by atoms with van der Waals surface area (Å²) in [6.45, 7) is 1.50. The molecular weight excluding hydrogens is 342 g/mol. The van der Waals surface area contributed by atoms with Crippen molar-refractivity contribution in [2.75, 3.05) is 12.3 Å². The van der Waals surface area contributed by atoms with Crippen molar-refractivity contribution in [2.45, 2.75) is 31.5 Å². The zero-order chi connectivity index (χ0) is 18.8. The second-order valence-electron chi connectivity index (χ2n) is 6.00.